The standard InChI is InChI=1S/C12H16O2/c13-11-7-4-8-12(11,14)9-10-5-2-1-3-6-10/h1-3,5-6,11,13-14H,4,7-9H2/t11-,12-/m1/s1. The first-order chi connectivity index (χ1) is 6.71. The minimum absolute atomic E-state index is 0.553. The molecule has 1 aliphatic rings. The predicted molar refractivity (Wildman–Crippen MR) is 55.0 cm³/mol. The highest BCUT2D eigenvalue weighted by Crippen LogP contribution is 2.32. The quantitative estimate of drug-likeness (QED) is 0.745. The molecule has 0 heterocycles. The van der Waals surface area contributed by atoms with E-state index in [1.54, 1.807) is 0 Å². The van der Waals surface area contributed by atoms with E-state index >= 15 is 0 Å². The van der Waals surface area contributed by atoms with E-state index in [0.717, 1.165) is 18.4 Å². The van der Waals surface area contributed by atoms with Crippen LogP contribution in [-0.2, 0) is 6.42 Å². The van der Waals surface area contributed by atoms with E-state index in [9.17, 15) is 10.2 Å². The summed E-state index contributed by atoms with van der Waals surface area (Å²) in [5.41, 5.74) is 0.206. The van der Waals surface area contributed by atoms with Crippen molar-refractivity contribution in [1.82, 2.24) is 0 Å². The monoisotopic (exact) mass is 192 g/mol. The predicted octanol–water partition coefficient (Wildman–Crippen LogP) is 1.50. The molecule has 0 unspecified atom stereocenters. The molecule has 2 rings (SSSR count). The molecule has 0 bridgehead atoms. The molecule has 0 radical (unpaired) electrons. The molecular weight excluding hydrogens is 176 g/mol. The van der Waals surface area contributed by atoms with Crippen LogP contribution in [0.3, 0.4) is 0 Å². The van der Waals surface area contributed by atoms with Crippen molar-refractivity contribution in [3.63, 3.8) is 0 Å². The molecule has 1 fully saturated rings. The van der Waals surface area contributed by atoms with Gasteiger partial charge in [-0.1, -0.05) is 30.3 Å². The van der Waals surface area contributed by atoms with Gasteiger partial charge in [-0.3, -0.25) is 0 Å². The molecule has 1 aromatic rings. The summed E-state index contributed by atoms with van der Waals surface area (Å²) in [7, 11) is 0. The fourth-order valence-electron chi connectivity index (χ4n) is 2.19. The Balaban J connectivity index is 2.10. The van der Waals surface area contributed by atoms with Crippen LogP contribution in [0.1, 0.15) is 24.8 Å². The van der Waals surface area contributed by atoms with Crippen LogP contribution in [0.2, 0.25) is 0 Å². The summed E-state index contributed by atoms with van der Waals surface area (Å²) in [5, 5.41) is 19.8. The van der Waals surface area contributed by atoms with Gasteiger partial charge in [0.15, 0.2) is 0 Å². The van der Waals surface area contributed by atoms with Crippen molar-refractivity contribution in [3.8, 4) is 0 Å². The van der Waals surface area contributed by atoms with Crippen LogP contribution >= 0.6 is 0 Å². The molecule has 2 nitrogen and oxygen atoms in total. The second-order valence-electron chi connectivity index (χ2n) is 4.17. The van der Waals surface area contributed by atoms with E-state index in [1.807, 2.05) is 30.3 Å². The average molecular weight is 192 g/mol. The fourth-order valence-corrected chi connectivity index (χ4v) is 2.19. The van der Waals surface area contributed by atoms with E-state index in [0.29, 0.717) is 12.8 Å². The van der Waals surface area contributed by atoms with Crippen LogP contribution in [0.5, 0.6) is 0 Å². The molecule has 0 spiro atoms. The van der Waals surface area contributed by atoms with E-state index in [-0.39, 0.29) is 0 Å². The van der Waals surface area contributed by atoms with Crippen molar-refractivity contribution in [2.45, 2.75) is 37.4 Å². The Morgan fingerprint density at radius 1 is 1.29 bits per heavy atom. The summed E-state index contributed by atoms with van der Waals surface area (Å²) < 4.78 is 0. The zero-order chi connectivity index (χ0) is 10.0. The maximum absolute atomic E-state index is 10.2. The molecule has 0 aromatic heterocycles. The highest BCUT2D eigenvalue weighted by molar-refractivity contribution is 5.18. The lowest BCUT2D eigenvalue weighted by Gasteiger charge is -2.26. The van der Waals surface area contributed by atoms with Gasteiger partial charge < -0.3 is 10.2 Å². The maximum Gasteiger partial charge on any atom is 0.0945 e. The van der Waals surface area contributed by atoms with Gasteiger partial charge in [0.05, 0.1) is 11.7 Å². The summed E-state index contributed by atoms with van der Waals surface area (Å²) in [6, 6.07) is 9.85. The molecule has 1 saturated carbocycles. The Bertz CT molecular complexity index is 296. The van der Waals surface area contributed by atoms with E-state index in [2.05, 4.69) is 0 Å². The molecule has 1 aliphatic carbocycles. The van der Waals surface area contributed by atoms with Crippen molar-refractivity contribution in [2.24, 2.45) is 0 Å². The second kappa shape index (κ2) is 3.71. The lowest BCUT2D eigenvalue weighted by atomic mass is 9.91. The summed E-state index contributed by atoms with van der Waals surface area (Å²) in [6.45, 7) is 0. The first-order valence-corrected chi connectivity index (χ1v) is 5.15. The SMILES string of the molecule is O[C@@H]1CCC[C@@]1(O)Cc1ccccc1. The zero-order valence-corrected chi connectivity index (χ0v) is 8.19. The molecule has 2 heteroatoms. The van der Waals surface area contributed by atoms with Crippen molar-refractivity contribution in [2.75, 3.05) is 0 Å². The van der Waals surface area contributed by atoms with Gasteiger partial charge in [-0.15, -0.1) is 0 Å². The number of rotatable bonds is 2. The molecule has 76 valence electrons. The minimum atomic E-state index is -0.888. The lowest BCUT2D eigenvalue weighted by Crippen LogP contribution is -2.39. The first kappa shape index (κ1) is 9.69. The number of benzene rings is 1. The Labute approximate surface area is 84.2 Å². The van der Waals surface area contributed by atoms with Gasteiger partial charge in [0.2, 0.25) is 0 Å². The van der Waals surface area contributed by atoms with E-state index in [1.165, 1.54) is 0 Å². The Kier molecular flexibility index (Phi) is 2.57. The van der Waals surface area contributed by atoms with Gasteiger partial charge >= 0.3 is 0 Å². The van der Waals surface area contributed by atoms with Crippen LogP contribution in [0.15, 0.2) is 30.3 Å². The van der Waals surface area contributed by atoms with Gasteiger partial charge in [0, 0.05) is 6.42 Å². The molecule has 0 amide bonds. The largest absolute Gasteiger partial charge is 0.390 e. The molecule has 0 saturated heterocycles. The number of aliphatic hydroxyl groups excluding tert-OH is 1. The summed E-state index contributed by atoms with van der Waals surface area (Å²) in [5.74, 6) is 0. The highest BCUT2D eigenvalue weighted by atomic mass is 16.3. The van der Waals surface area contributed by atoms with Crippen molar-refractivity contribution in [1.29, 1.82) is 0 Å². The molecule has 14 heavy (non-hydrogen) atoms. The number of aliphatic hydroxyl groups is 2. The zero-order valence-electron chi connectivity index (χ0n) is 8.19. The number of hydrogen-bond donors (Lipinski definition) is 2. The molecular formula is C12H16O2. The molecule has 2 N–H and O–H groups in total. The Hall–Kier alpha value is -0.860. The second-order valence-corrected chi connectivity index (χ2v) is 4.17. The third kappa shape index (κ3) is 1.81. The van der Waals surface area contributed by atoms with Crippen molar-refractivity contribution < 1.29 is 10.2 Å². The summed E-state index contributed by atoms with van der Waals surface area (Å²) in [6.07, 6.45) is 2.37. The third-order valence-electron chi connectivity index (χ3n) is 3.06. The van der Waals surface area contributed by atoms with Crippen LogP contribution in [0, 0.1) is 0 Å². The lowest BCUT2D eigenvalue weighted by molar-refractivity contribution is -0.0521. The molecule has 1 aromatic carbocycles. The average Bonchev–Trinajstić information content (AvgIpc) is 2.48. The maximum atomic E-state index is 10.2. The van der Waals surface area contributed by atoms with Crippen LogP contribution in [-0.4, -0.2) is 21.9 Å². The number of hydrogen-bond acceptors (Lipinski definition) is 2. The topological polar surface area (TPSA) is 40.5 Å². The molecule has 0 aliphatic heterocycles. The van der Waals surface area contributed by atoms with E-state index < -0.39 is 11.7 Å². The fraction of sp³-hybridized carbons (Fsp3) is 0.500. The van der Waals surface area contributed by atoms with Gasteiger partial charge in [-0.2, -0.15) is 0 Å². The Morgan fingerprint density at radius 3 is 2.57 bits per heavy atom. The van der Waals surface area contributed by atoms with Crippen LogP contribution < -0.4 is 0 Å². The van der Waals surface area contributed by atoms with Crippen LogP contribution in [0.4, 0.5) is 0 Å². The normalized spacial score (nSPS) is 32.0. The highest BCUT2D eigenvalue weighted by Gasteiger charge is 2.39. The summed E-state index contributed by atoms with van der Waals surface area (Å²) in [4.78, 5) is 0. The summed E-state index contributed by atoms with van der Waals surface area (Å²) >= 11 is 0. The van der Waals surface area contributed by atoms with Gasteiger partial charge in [0.1, 0.15) is 0 Å². The first-order valence-electron chi connectivity index (χ1n) is 5.15. The minimum Gasteiger partial charge on any atom is -0.390 e. The van der Waals surface area contributed by atoms with Gasteiger partial charge in [-0.05, 0) is 24.8 Å². The van der Waals surface area contributed by atoms with Crippen LogP contribution in [0.25, 0.3) is 0 Å². The molecule has 2 atom stereocenters. The van der Waals surface area contributed by atoms with Crippen molar-refractivity contribution in [3.05, 3.63) is 35.9 Å². The smallest absolute Gasteiger partial charge is 0.0945 e. The van der Waals surface area contributed by atoms with Crippen molar-refractivity contribution >= 4 is 0 Å². The Morgan fingerprint density at radius 2 is 2.00 bits per heavy atom. The van der Waals surface area contributed by atoms with E-state index in [4.69, 9.17) is 0 Å². The van der Waals surface area contributed by atoms with Gasteiger partial charge in [0.25, 0.3) is 0 Å². The van der Waals surface area contributed by atoms with Gasteiger partial charge in [-0.25, -0.2) is 0 Å². The third-order valence-corrected chi connectivity index (χ3v) is 3.06.